The number of H-pyrrole nitrogens is 1. The van der Waals surface area contributed by atoms with Gasteiger partial charge in [-0.15, -0.1) is 0 Å². The van der Waals surface area contributed by atoms with Crippen LogP contribution < -0.4 is 10.3 Å². The molecule has 0 spiro atoms. The number of aromatic nitrogens is 3. The van der Waals surface area contributed by atoms with Crippen LogP contribution in [0.1, 0.15) is 0 Å². The lowest BCUT2D eigenvalue weighted by atomic mass is 10.0. The van der Waals surface area contributed by atoms with Gasteiger partial charge in [0.2, 0.25) is 0 Å². The number of aromatic amines is 1. The zero-order valence-electron chi connectivity index (χ0n) is 16.2. The lowest BCUT2D eigenvalue weighted by Gasteiger charge is -2.35. The average Bonchev–Trinajstić information content (AvgIpc) is 3.12. The molecule has 1 saturated heterocycles. The molecule has 1 N–H and O–H groups in total. The van der Waals surface area contributed by atoms with Crippen LogP contribution in [0, 0.1) is 5.92 Å². The van der Waals surface area contributed by atoms with E-state index in [4.69, 9.17) is 4.74 Å². The summed E-state index contributed by atoms with van der Waals surface area (Å²) in [6.07, 6.45) is 3.42. The molecule has 1 aliphatic heterocycles. The molecule has 4 aromatic rings. The first kappa shape index (κ1) is 17.7. The Morgan fingerprint density at radius 2 is 1.86 bits per heavy atom. The molecule has 1 fully saturated rings. The van der Waals surface area contributed by atoms with Gasteiger partial charge in [0.05, 0.1) is 18.3 Å². The van der Waals surface area contributed by atoms with Gasteiger partial charge in [0.15, 0.2) is 5.65 Å². The fraction of sp³-hybridized carbons (Fsp3) is 0.217. The van der Waals surface area contributed by atoms with E-state index in [1.54, 1.807) is 0 Å². The molecule has 146 valence electrons. The molecule has 0 aliphatic carbocycles. The smallest absolute Gasteiger partial charge is 0.260 e. The van der Waals surface area contributed by atoms with Crippen LogP contribution in [0.4, 0.5) is 0 Å². The predicted molar refractivity (Wildman–Crippen MR) is 114 cm³/mol. The summed E-state index contributed by atoms with van der Waals surface area (Å²) >= 11 is 0. The summed E-state index contributed by atoms with van der Waals surface area (Å²) in [5.74, 6) is 1.45. The monoisotopic (exact) mass is 386 g/mol. The third-order valence-electron chi connectivity index (χ3n) is 5.41. The van der Waals surface area contributed by atoms with Crippen LogP contribution in [0.5, 0.6) is 5.75 Å². The molecule has 0 unspecified atom stereocenters. The Bertz CT molecular complexity index is 1190. The molecule has 0 atom stereocenters. The van der Waals surface area contributed by atoms with Gasteiger partial charge in [0.1, 0.15) is 5.75 Å². The third-order valence-corrected chi connectivity index (χ3v) is 5.41. The first-order chi connectivity index (χ1) is 14.2. The zero-order valence-corrected chi connectivity index (χ0v) is 16.2. The summed E-state index contributed by atoms with van der Waals surface area (Å²) in [4.78, 5) is 22.0. The first-order valence-corrected chi connectivity index (χ1v) is 9.75. The molecular formula is C23H22N4O2. The van der Waals surface area contributed by atoms with Crippen LogP contribution in [-0.2, 0) is 0 Å². The highest BCUT2D eigenvalue weighted by Crippen LogP contribution is 2.30. The largest absolute Gasteiger partial charge is 0.493 e. The molecule has 0 bridgehead atoms. The molecule has 5 rings (SSSR count). The Morgan fingerprint density at radius 1 is 1.10 bits per heavy atom. The molecule has 6 heteroatoms. The van der Waals surface area contributed by atoms with E-state index >= 15 is 0 Å². The van der Waals surface area contributed by atoms with Crippen LogP contribution in [-0.4, -0.2) is 46.2 Å². The van der Waals surface area contributed by atoms with Gasteiger partial charge in [-0.3, -0.25) is 4.79 Å². The van der Waals surface area contributed by atoms with E-state index < -0.39 is 0 Å². The van der Waals surface area contributed by atoms with Gasteiger partial charge in [-0.05, 0) is 36.9 Å². The fourth-order valence-corrected chi connectivity index (χ4v) is 3.95. The van der Waals surface area contributed by atoms with E-state index in [1.165, 1.54) is 6.33 Å². The van der Waals surface area contributed by atoms with E-state index in [-0.39, 0.29) is 5.56 Å². The second-order valence-electron chi connectivity index (χ2n) is 7.60. The summed E-state index contributed by atoms with van der Waals surface area (Å²) in [6, 6.07) is 17.8. The number of nitrogens with zero attached hydrogens (tertiary/aromatic N) is 3. The number of rotatable bonds is 5. The van der Waals surface area contributed by atoms with Crippen LogP contribution in [0.15, 0.2) is 71.9 Å². The van der Waals surface area contributed by atoms with E-state index in [9.17, 15) is 4.79 Å². The Balaban J connectivity index is 1.49. The van der Waals surface area contributed by atoms with Crippen molar-refractivity contribution in [3.05, 3.63) is 77.5 Å². The van der Waals surface area contributed by atoms with Crippen molar-refractivity contribution < 1.29 is 4.74 Å². The maximum absolute atomic E-state index is 12.6. The second-order valence-corrected chi connectivity index (χ2v) is 7.60. The first-order valence-electron chi connectivity index (χ1n) is 9.75. The summed E-state index contributed by atoms with van der Waals surface area (Å²) in [5.41, 5.74) is 3.27. The third kappa shape index (κ3) is 3.32. The van der Waals surface area contributed by atoms with Crippen molar-refractivity contribution in [1.29, 1.82) is 0 Å². The van der Waals surface area contributed by atoms with Crippen LogP contribution in [0.25, 0.3) is 27.8 Å². The second kappa shape index (κ2) is 7.22. The highest BCUT2D eigenvalue weighted by Gasteiger charge is 2.23. The highest BCUT2D eigenvalue weighted by atomic mass is 16.5. The molecular weight excluding hydrogens is 364 g/mol. The van der Waals surface area contributed by atoms with Gasteiger partial charge in [0, 0.05) is 36.5 Å². The number of benzene rings is 2. The number of hydrogen-bond donors (Lipinski definition) is 1. The molecule has 0 radical (unpaired) electrons. The Labute approximate surface area is 168 Å². The van der Waals surface area contributed by atoms with Crippen molar-refractivity contribution >= 4 is 11.0 Å². The minimum atomic E-state index is -0.144. The summed E-state index contributed by atoms with van der Waals surface area (Å²) in [7, 11) is 2.12. The molecule has 6 nitrogen and oxygen atoms in total. The summed E-state index contributed by atoms with van der Waals surface area (Å²) in [6.45, 7) is 2.92. The van der Waals surface area contributed by atoms with Gasteiger partial charge in [0.25, 0.3) is 5.56 Å². The van der Waals surface area contributed by atoms with Gasteiger partial charge >= 0.3 is 0 Å². The molecule has 2 aromatic heterocycles. The van der Waals surface area contributed by atoms with Crippen LogP contribution in [0.3, 0.4) is 0 Å². The number of fused-ring (bicyclic) bond motifs is 1. The standard InChI is InChI=1S/C23H22N4O2/c1-26-11-16(12-26)14-29-19-9-7-17(8-10-19)20-13-27(18-5-3-2-4-6-18)22-21(20)23(28)25-15-24-22/h2-10,13,15-16H,11-12,14H2,1H3,(H,24,25,28). The quantitative estimate of drug-likeness (QED) is 0.572. The molecule has 3 heterocycles. The fourth-order valence-electron chi connectivity index (χ4n) is 3.95. The van der Waals surface area contributed by atoms with Gasteiger partial charge in [-0.2, -0.15) is 0 Å². The topological polar surface area (TPSA) is 63.1 Å². The molecule has 0 amide bonds. The van der Waals surface area contributed by atoms with Crippen molar-refractivity contribution in [3.8, 4) is 22.6 Å². The van der Waals surface area contributed by atoms with Crippen molar-refractivity contribution in [3.63, 3.8) is 0 Å². The average molecular weight is 386 g/mol. The number of ether oxygens (including phenoxy) is 1. The molecule has 2 aromatic carbocycles. The van der Waals surface area contributed by atoms with Gasteiger partial charge in [-0.25, -0.2) is 4.98 Å². The number of likely N-dealkylation sites (tertiary alicyclic amines) is 1. The number of nitrogens with one attached hydrogen (secondary N) is 1. The van der Waals surface area contributed by atoms with E-state index in [2.05, 4.69) is 21.9 Å². The molecule has 29 heavy (non-hydrogen) atoms. The maximum Gasteiger partial charge on any atom is 0.260 e. The Hall–Kier alpha value is -3.38. The van der Waals surface area contributed by atoms with Gasteiger partial charge < -0.3 is 19.2 Å². The lowest BCUT2D eigenvalue weighted by molar-refractivity contribution is 0.0858. The maximum atomic E-state index is 12.6. The predicted octanol–water partition coefficient (Wildman–Crippen LogP) is 3.32. The molecule has 1 aliphatic rings. The van der Waals surface area contributed by atoms with Crippen molar-refractivity contribution in [2.24, 2.45) is 5.92 Å². The van der Waals surface area contributed by atoms with Crippen molar-refractivity contribution in [2.75, 3.05) is 26.7 Å². The number of para-hydroxylation sites is 1. The van der Waals surface area contributed by atoms with E-state index in [0.29, 0.717) is 17.0 Å². The Kier molecular flexibility index (Phi) is 4.41. The minimum absolute atomic E-state index is 0.144. The minimum Gasteiger partial charge on any atom is -0.493 e. The number of hydrogen-bond acceptors (Lipinski definition) is 4. The van der Waals surface area contributed by atoms with Crippen molar-refractivity contribution in [2.45, 2.75) is 0 Å². The lowest BCUT2D eigenvalue weighted by Crippen LogP contribution is -2.46. The van der Waals surface area contributed by atoms with Crippen LogP contribution in [0.2, 0.25) is 0 Å². The van der Waals surface area contributed by atoms with Crippen molar-refractivity contribution in [1.82, 2.24) is 19.4 Å². The summed E-state index contributed by atoms with van der Waals surface area (Å²) < 4.78 is 7.88. The summed E-state index contributed by atoms with van der Waals surface area (Å²) in [5, 5.41) is 0.586. The zero-order chi connectivity index (χ0) is 19.8. The normalized spacial score (nSPS) is 14.8. The van der Waals surface area contributed by atoms with E-state index in [0.717, 1.165) is 42.3 Å². The highest BCUT2D eigenvalue weighted by molar-refractivity contribution is 5.94. The SMILES string of the molecule is CN1CC(COc2ccc(-c3cn(-c4ccccc4)c4nc[nH]c(=O)c34)cc2)C1. The molecule has 0 saturated carbocycles. The van der Waals surface area contributed by atoms with Gasteiger partial charge in [-0.1, -0.05) is 30.3 Å². The van der Waals surface area contributed by atoms with Crippen LogP contribution >= 0.6 is 0 Å². The Morgan fingerprint density at radius 3 is 2.59 bits per heavy atom. The van der Waals surface area contributed by atoms with E-state index in [1.807, 2.05) is 65.4 Å².